The number of carbonyl (C=O) groups is 2. The van der Waals surface area contributed by atoms with Crippen molar-refractivity contribution in [2.24, 2.45) is 17.3 Å². The first kappa shape index (κ1) is 17.1. The molecular formula is C18H25BrN4O2. The first-order valence-corrected chi connectivity index (χ1v) is 9.86. The summed E-state index contributed by atoms with van der Waals surface area (Å²) in [6.07, 6.45) is 6.41. The van der Waals surface area contributed by atoms with E-state index >= 15 is 0 Å². The van der Waals surface area contributed by atoms with Gasteiger partial charge in [-0.15, -0.1) is 0 Å². The Morgan fingerprint density at radius 2 is 1.92 bits per heavy atom. The quantitative estimate of drug-likeness (QED) is 0.595. The average Bonchev–Trinajstić information content (AvgIpc) is 2.80. The third-order valence-corrected chi connectivity index (χ3v) is 7.11. The number of hydrogen-bond donors (Lipinski definition) is 2. The van der Waals surface area contributed by atoms with Crippen LogP contribution >= 0.6 is 15.9 Å². The van der Waals surface area contributed by atoms with Gasteiger partial charge in [-0.1, -0.05) is 15.9 Å². The summed E-state index contributed by atoms with van der Waals surface area (Å²) in [5.41, 5.74) is 6.78. The molecule has 7 heteroatoms. The molecule has 2 atom stereocenters. The third-order valence-electron chi connectivity index (χ3n) is 6.18. The predicted molar refractivity (Wildman–Crippen MR) is 96.8 cm³/mol. The highest BCUT2D eigenvalue weighted by atomic mass is 79.9. The van der Waals surface area contributed by atoms with E-state index in [9.17, 15) is 9.59 Å². The number of amides is 2. The summed E-state index contributed by atoms with van der Waals surface area (Å²) in [7, 11) is 0. The van der Waals surface area contributed by atoms with Crippen molar-refractivity contribution in [3.05, 3.63) is 17.5 Å². The molecular weight excluding hydrogens is 384 g/mol. The molecule has 4 aliphatic rings. The van der Waals surface area contributed by atoms with E-state index in [0.29, 0.717) is 11.8 Å². The Kier molecular flexibility index (Phi) is 3.98. The maximum Gasteiger partial charge on any atom is 0.260 e. The fourth-order valence-electron chi connectivity index (χ4n) is 5.69. The van der Waals surface area contributed by atoms with E-state index in [4.69, 9.17) is 0 Å². The molecule has 136 valence electrons. The molecule has 0 spiro atoms. The van der Waals surface area contributed by atoms with Crippen LogP contribution in [-0.4, -0.2) is 25.9 Å². The molecule has 2 amide bonds. The van der Waals surface area contributed by atoms with Crippen LogP contribution in [0, 0.1) is 31.1 Å². The first-order chi connectivity index (χ1) is 11.8. The van der Waals surface area contributed by atoms with Gasteiger partial charge in [-0.25, -0.2) is 0 Å². The predicted octanol–water partition coefficient (Wildman–Crippen LogP) is 2.38. The van der Waals surface area contributed by atoms with Crippen LogP contribution in [0.5, 0.6) is 0 Å². The molecule has 1 aromatic heterocycles. The zero-order chi connectivity index (χ0) is 17.8. The summed E-state index contributed by atoms with van der Waals surface area (Å²) in [5.74, 6) is 0.999. The molecule has 0 radical (unpaired) electrons. The maximum absolute atomic E-state index is 12.9. The van der Waals surface area contributed by atoms with Crippen LogP contribution in [0.25, 0.3) is 0 Å². The maximum atomic E-state index is 12.9. The second kappa shape index (κ2) is 5.83. The second-order valence-electron chi connectivity index (χ2n) is 8.48. The monoisotopic (exact) mass is 408 g/mol. The smallest absolute Gasteiger partial charge is 0.260 e. The van der Waals surface area contributed by atoms with Gasteiger partial charge in [0.2, 0.25) is 5.91 Å². The van der Waals surface area contributed by atoms with Gasteiger partial charge in [0.15, 0.2) is 0 Å². The minimum atomic E-state index is -0.320. The van der Waals surface area contributed by atoms with Crippen LogP contribution in [0.3, 0.4) is 0 Å². The van der Waals surface area contributed by atoms with Crippen molar-refractivity contribution in [3.63, 3.8) is 0 Å². The normalized spacial score (nSPS) is 35.6. The Bertz CT molecular complexity index is 715. The molecule has 4 fully saturated rings. The van der Waals surface area contributed by atoms with Crippen molar-refractivity contribution >= 4 is 27.7 Å². The average molecular weight is 409 g/mol. The van der Waals surface area contributed by atoms with E-state index < -0.39 is 0 Å². The molecule has 2 N–H and O–H groups in total. The molecule has 4 bridgehead atoms. The third kappa shape index (κ3) is 3.11. The number of nitrogens with zero attached hydrogens (tertiary/aromatic N) is 2. The van der Waals surface area contributed by atoms with E-state index in [0.717, 1.165) is 30.7 Å². The van der Waals surface area contributed by atoms with Gasteiger partial charge in [-0.05, 0) is 70.3 Å². The number of alkyl halides is 1. The summed E-state index contributed by atoms with van der Waals surface area (Å²) in [6.45, 7) is 3.92. The Labute approximate surface area is 156 Å². The minimum Gasteiger partial charge on any atom is -0.273 e. The molecule has 0 saturated heterocycles. The number of rotatable bonds is 3. The molecule has 5 rings (SSSR count). The Morgan fingerprint density at radius 3 is 2.48 bits per heavy atom. The lowest BCUT2D eigenvalue weighted by Crippen LogP contribution is -2.60. The number of nitrogens with one attached hydrogen (secondary N) is 2. The standard InChI is InChI=1S/C18H25BrN4O2/c1-11-3-12(2)23(22-11)9-15(24)20-21-16(25)17-5-13-4-14(6-17)8-18(19,7-13)10-17/h3,13-14H,4-10H2,1-2H3,(H,20,24)(H,21,25). The largest absolute Gasteiger partial charge is 0.273 e. The second-order valence-corrected chi connectivity index (χ2v) is 10.2. The van der Waals surface area contributed by atoms with Gasteiger partial charge in [0.1, 0.15) is 6.54 Å². The van der Waals surface area contributed by atoms with Crippen molar-refractivity contribution in [1.82, 2.24) is 20.6 Å². The summed E-state index contributed by atoms with van der Waals surface area (Å²) >= 11 is 3.92. The molecule has 25 heavy (non-hydrogen) atoms. The molecule has 1 aromatic rings. The molecule has 6 nitrogen and oxygen atoms in total. The number of carbonyl (C=O) groups excluding carboxylic acids is 2. The number of halogens is 1. The fraction of sp³-hybridized carbons (Fsp3) is 0.722. The zero-order valence-corrected chi connectivity index (χ0v) is 16.4. The van der Waals surface area contributed by atoms with E-state index in [-0.39, 0.29) is 28.1 Å². The van der Waals surface area contributed by atoms with Crippen molar-refractivity contribution in [2.45, 2.75) is 63.2 Å². The van der Waals surface area contributed by atoms with Crippen molar-refractivity contribution in [3.8, 4) is 0 Å². The van der Waals surface area contributed by atoms with Crippen LogP contribution in [0.15, 0.2) is 6.07 Å². The Morgan fingerprint density at radius 1 is 1.24 bits per heavy atom. The topological polar surface area (TPSA) is 76.0 Å². The van der Waals surface area contributed by atoms with Crippen molar-refractivity contribution < 1.29 is 9.59 Å². The van der Waals surface area contributed by atoms with E-state index in [1.54, 1.807) is 4.68 Å². The Hall–Kier alpha value is -1.37. The van der Waals surface area contributed by atoms with E-state index in [1.165, 1.54) is 19.3 Å². The molecule has 4 aliphatic carbocycles. The summed E-state index contributed by atoms with van der Waals surface area (Å²) in [5, 5.41) is 4.28. The van der Waals surface area contributed by atoms with Crippen LogP contribution < -0.4 is 10.9 Å². The summed E-state index contributed by atoms with van der Waals surface area (Å²) in [6, 6.07) is 1.93. The minimum absolute atomic E-state index is 0.0212. The lowest BCUT2D eigenvalue weighted by atomic mass is 9.49. The van der Waals surface area contributed by atoms with E-state index in [2.05, 4.69) is 31.9 Å². The number of hydrazine groups is 1. The van der Waals surface area contributed by atoms with Gasteiger partial charge in [-0.2, -0.15) is 5.10 Å². The summed E-state index contributed by atoms with van der Waals surface area (Å²) in [4.78, 5) is 25.1. The zero-order valence-electron chi connectivity index (χ0n) is 14.8. The van der Waals surface area contributed by atoms with Crippen LogP contribution in [0.1, 0.15) is 49.9 Å². The van der Waals surface area contributed by atoms with E-state index in [1.807, 2.05) is 19.9 Å². The number of aromatic nitrogens is 2. The first-order valence-electron chi connectivity index (χ1n) is 9.06. The number of hydrogen-bond acceptors (Lipinski definition) is 3. The highest BCUT2D eigenvalue weighted by molar-refractivity contribution is 9.10. The van der Waals surface area contributed by atoms with Gasteiger partial charge in [0, 0.05) is 10.0 Å². The highest BCUT2D eigenvalue weighted by Crippen LogP contribution is 2.64. The van der Waals surface area contributed by atoms with Gasteiger partial charge in [0.25, 0.3) is 5.91 Å². The molecule has 0 aliphatic heterocycles. The van der Waals surface area contributed by atoms with Gasteiger partial charge >= 0.3 is 0 Å². The fourth-order valence-corrected chi connectivity index (χ4v) is 7.14. The molecule has 0 aromatic carbocycles. The molecule has 4 saturated carbocycles. The number of aryl methyl sites for hydroxylation is 2. The van der Waals surface area contributed by atoms with Gasteiger partial charge < -0.3 is 0 Å². The SMILES string of the molecule is Cc1cc(C)n(CC(=O)NNC(=O)C23CC4CC(CC(Br)(C4)C2)C3)n1. The van der Waals surface area contributed by atoms with Gasteiger partial charge in [0.05, 0.1) is 11.1 Å². The lowest BCUT2D eigenvalue weighted by Gasteiger charge is -2.59. The summed E-state index contributed by atoms with van der Waals surface area (Å²) < 4.78 is 1.77. The highest BCUT2D eigenvalue weighted by Gasteiger charge is 2.59. The van der Waals surface area contributed by atoms with Crippen molar-refractivity contribution in [1.29, 1.82) is 0 Å². The van der Waals surface area contributed by atoms with Crippen LogP contribution in [-0.2, 0) is 16.1 Å². The molecule has 1 heterocycles. The Balaban J connectivity index is 1.38. The molecule has 2 unspecified atom stereocenters. The van der Waals surface area contributed by atoms with Gasteiger partial charge in [-0.3, -0.25) is 25.1 Å². The van der Waals surface area contributed by atoms with Crippen molar-refractivity contribution in [2.75, 3.05) is 0 Å². The lowest BCUT2D eigenvalue weighted by molar-refractivity contribution is -0.147. The van der Waals surface area contributed by atoms with Crippen LogP contribution in [0.2, 0.25) is 0 Å². The van der Waals surface area contributed by atoms with Crippen LogP contribution in [0.4, 0.5) is 0 Å².